The number of hydrogen-bond acceptors (Lipinski definition) is 5. The molecule has 0 unspecified atom stereocenters. The molecule has 0 spiro atoms. The second kappa shape index (κ2) is 8.55. The lowest BCUT2D eigenvalue weighted by Gasteiger charge is -2.09. The fourth-order valence-electron chi connectivity index (χ4n) is 2.25. The second-order valence-corrected chi connectivity index (χ2v) is 6.16. The molecule has 0 radical (unpaired) electrons. The monoisotopic (exact) mass is 338 g/mol. The molecule has 0 atom stereocenters. The molecule has 0 amide bonds. The van der Waals surface area contributed by atoms with Crippen molar-refractivity contribution in [3.63, 3.8) is 0 Å². The van der Waals surface area contributed by atoms with Gasteiger partial charge in [0.25, 0.3) is 0 Å². The third-order valence-electron chi connectivity index (χ3n) is 3.38. The van der Waals surface area contributed by atoms with Crippen molar-refractivity contribution in [1.82, 2.24) is 9.97 Å². The highest BCUT2D eigenvalue weighted by molar-refractivity contribution is 8.13. The molecule has 0 N–H and O–H groups in total. The molecule has 0 saturated carbocycles. The molecule has 2 rings (SSSR count). The Morgan fingerprint density at radius 3 is 2.79 bits per heavy atom. The first-order valence-electron chi connectivity index (χ1n) is 7.92. The number of aryl methyl sites for hydroxylation is 2. The molecular formula is C19H22N4S. The van der Waals surface area contributed by atoms with Crippen LogP contribution in [0.25, 0.3) is 11.0 Å². The fourth-order valence-corrected chi connectivity index (χ4v) is 2.78. The Balaban J connectivity index is 2.61. The SMILES string of the molecule is C=NSC(=NC(=C)/C=C\CC)c1cc(C)cc2nc(CC)cnc12. The summed E-state index contributed by atoms with van der Waals surface area (Å²) < 4.78 is 3.94. The molecule has 2 aromatic rings. The summed E-state index contributed by atoms with van der Waals surface area (Å²) in [6, 6.07) is 4.09. The van der Waals surface area contributed by atoms with Gasteiger partial charge in [0.2, 0.25) is 0 Å². The first-order chi connectivity index (χ1) is 11.6. The zero-order valence-electron chi connectivity index (χ0n) is 14.4. The van der Waals surface area contributed by atoms with Crippen LogP contribution in [0.4, 0.5) is 0 Å². The maximum absolute atomic E-state index is 4.68. The molecule has 0 saturated heterocycles. The summed E-state index contributed by atoms with van der Waals surface area (Å²) in [5.74, 6) is 0. The molecule has 24 heavy (non-hydrogen) atoms. The van der Waals surface area contributed by atoms with E-state index in [1.165, 1.54) is 11.9 Å². The standard InChI is InChI=1S/C19H22N4S/c1-6-8-9-14(4)22-19(24-20-5)16-10-13(3)11-17-18(16)21-12-15(7-2)23-17/h8-12H,4-7H2,1-3H3/b9-8-,22-19?. The molecular weight excluding hydrogens is 316 g/mol. The van der Waals surface area contributed by atoms with Crippen LogP contribution < -0.4 is 0 Å². The lowest BCUT2D eigenvalue weighted by atomic mass is 10.1. The minimum atomic E-state index is 0.677. The molecule has 0 bridgehead atoms. The van der Waals surface area contributed by atoms with Crippen LogP contribution in [0.5, 0.6) is 0 Å². The maximum atomic E-state index is 4.68. The van der Waals surface area contributed by atoms with E-state index in [1.807, 2.05) is 31.3 Å². The summed E-state index contributed by atoms with van der Waals surface area (Å²) in [6.45, 7) is 13.7. The van der Waals surface area contributed by atoms with Crippen LogP contribution >= 0.6 is 11.9 Å². The first-order valence-corrected chi connectivity index (χ1v) is 8.70. The molecule has 1 aromatic carbocycles. The smallest absolute Gasteiger partial charge is 0.129 e. The molecule has 1 heterocycles. The molecule has 0 aliphatic carbocycles. The van der Waals surface area contributed by atoms with Crippen molar-refractivity contribution in [3.05, 3.63) is 59.6 Å². The Bertz CT molecular complexity index is 821. The van der Waals surface area contributed by atoms with Gasteiger partial charge in [-0.1, -0.05) is 26.5 Å². The lowest BCUT2D eigenvalue weighted by molar-refractivity contribution is 1.03. The van der Waals surface area contributed by atoms with Gasteiger partial charge in [-0.2, -0.15) is 0 Å². The fraction of sp³-hybridized carbons (Fsp3) is 0.263. The number of hydrogen-bond donors (Lipinski definition) is 0. The number of benzene rings is 1. The van der Waals surface area contributed by atoms with Crippen molar-refractivity contribution in [2.45, 2.75) is 33.6 Å². The van der Waals surface area contributed by atoms with Crippen LogP contribution in [0, 0.1) is 6.92 Å². The van der Waals surface area contributed by atoms with Gasteiger partial charge in [-0.05, 0) is 50.3 Å². The summed E-state index contributed by atoms with van der Waals surface area (Å²) in [7, 11) is 0. The quantitative estimate of drug-likeness (QED) is 0.319. The van der Waals surface area contributed by atoms with Gasteiger partial charge in [0.05, 0.1) is 22.4 Å². The lowest BCUT2D eigenvalue weighted by Crippen LogP contribution is -2.01. The average molecular weight is 338 g/mol. The maximum Gasteiger partial charge on any atom is 0.129 e. The van der Waals surface area contributed by atoms with Crippen molar-refractivity contribution >= 4 is 34.7 Å². The predicted molar refractivity (Wildman–Crippen MR) is 106 cm³/mol. The first kappa shape index (κ1) is 18.1. The van der Waals surface area contributed by atoms with Crippen molar-refractivity contribution in [3.8, 4) is 0 Å². The van der Waals surface area contributed by atoms with Gasteiger partial charge in [0.1, 0.15) is 5.04 Å². The van der Waals surface area contributed by atoms with Gasteiger partial charge >= 0.3 is 0 Å². The van der Waals surface area contributed by atoms with E-state index in [2.05, 4.69) is 52.6 Å². The Kier molecular flexibility index (Phi) is 6.44. The molecule has 4 nitrogen and oxygen atoms in total. The number of fused-ring (bicyclic) bond motifs is 1. The minimum absolute atomic E-state index is 0.677. The molecule has 0 aliphatic rings. The molecule has 0 aliphatic heterocycles. The van der Waals surface area contributed by atoms with E-state index >= 15 is 0 Å². The third kappa shape index (κ3) is 4.38. The van der Waals surface area contributed by atoms with Crippen LogP contribution in [0.15, 0.2) is 52.1 Å². The molecule has 1 aromatic heterocycles. The number of nitrogens with zero attached hydrogens (tertiary/aromatic N) is 4. The zero-order chi connectivity index (χ0) is 17.5. The van der Waals surface area contributed by atoms with Gasteiger partial charge in [-0.3, -0.25) is 4.98 Å². The summed E-state index contributed by atoms with van der Waals surface area (Å²) in [4.78, 5) is 13.9. The summed E-state index contributed by atoms with van der Waals surface area (Å²) in [5, 5.41) is 0.725. The van der Waals surface area contributed by atoms with E-state index in [0.29, 0.717) is 5.70 Å². The highest BCUT2D eigenvalue weighted by Crippen LogP contribution is 2.24. The predicted octanol–water partition coefficient (Wildman–Crippen LogP) is 5.08. The summed E-state index contributed by atoms with van der Waals surface area (Å²) in [5.41, 5.74) is 5.35. The van der Waals surface area contributed by atoms with Crippen LogP contribution in [0.3, 0.4) is 0 Å². The summed E-state index contributed by atoms with van der Waals surface area (Å²) in [6.07, 6.45) is 7.54. The van der Waals surface area contributed by atoms with Crippen LogP contribution in [0.1, 0.15) is 37.1 Å². The Labute approximate surface area is 147 Å². The van der Waals surface area contributed by atoms with E-state index in [1.54, 1.807) is 0 Å². The van der Waals surface area contributed by atoms with Gasteiger partial charge in [-0.15, -0.1) is 0 Å². The molecule has 124 valence electrons. The average Bonchev–Trinajstić information content (AvgIpc) is 2.58. The van der Waals surface area contributed by atoms with Crippen molar-refractivity contribution in [2.75, 3.05) is 0 Å². The van der Waals surface area contributed by atoms with E-state index < -0.39 is 0 Å². The van der Waals surface area contributed by atoms with E-state index in [-0.39, 0.29) is 0 Å². The van der Waals surface area contributed by atoms with Crippen molar-refractivity contribution < 1.29 is 0 Å². The van der Waals surface area contributed by atoms with Crippen molar-refractivity contribution in [1.29, 1.82) is 0 Å². The van der Waals surface area contributed by atoms with Gasteiger partial charge in [0.15, 0.2) is 0 Å². The zero-order valence-corrected chi connectivity index (χ0v) is 15.2. The molecule has 5 heteroatoms. The number of aromatic nitrogens is 2. The largest absolute Gasteiger partial charge is 0.252 e. The van der Waals surface area contributed by atoms with E-state index in [0.717, 1.165) is 45.7 Å². The highest BCUT2D eigenvalue weighted by Gasteiger charge is 2.13. The summed E-state index contributed by atoms with van der Waals surface area (Å²) >= 11 is 1.23. The normalized spacial score (nSPS) is 12.0. The van der Waals surface area contributed by atoms with E-state index in [4.69, 9.17) is 0 Å². The minimum Gasteiger partial charge on any atom is -0.252 e. The van der Waals surface area contributed by atoms with E-state index in [9.17, 15) is 0 Å². The number of allylic oxidation sites excluding steroid dienone is 2. The number of rotatable bonds is 6. The topological polar surface area (TPSA) is 50.5 Å². The van der Waals surface area contributed by atoms with Crippen LogP contribution in [-0.4, -0.2) is 21.7 Å². The van der Waals surface area contributed by atoms with Crippen LogP contribution in [0.2, 0.25) is 0 Å². The van der Waals surface area contributed by atoms with Crippen LogP contribution in [-0.2, 0) is 6.42 Å². The van der Waals surface area contributed by atoms with Gasteiger partial charge in [0, 0.05) is 23.7 Å². The molecule has 0 fully saturated rings. The highest BCUT2D eigenvalue weighted by atomic mass is 32.2. The Morgan fingerprint density at radius 2 is 2.12 bits per heavy atom. The Morgan fingerprint density at radius 1 is 1.33 bits per heavy atom. The Hall–Kier alpha value is -2.27. The number of aliphatic imine (C=N–C) groups is 1. The van der Waals surface area contributed by atoms with Gasteiger partial charge in [-0.25, -0.2) is 14.4 Å². The third-order valence-corrected chi connectivity index (χ3v) is 3.99. The van der Waals surface area contributed by atoms with Gasteiger partial charge < -0.3 is 0 Å². The second-order valence-electron chi connectivity index (χ2n) is 5.33. The van der Waals surface area contributed by atoms with Crippen molar-refractivity contribution in [2.24, 2.45) is 9.39 Å².